The molecule has 0 radical (unpaired) electrons. The highest BCUT2D eigenvalue weighted by atomic mass is 32.2. The van der Waals surface area contributed by atoms with Crippen LogP contribution in [-0.2, 0) is 14.8 Å². The molecule has 2 aromatic carbocycles. The van der Waals surface area contributed by atoms with Crippen molar-refractivity contribution in [3.63, 3.8) is 0 Å². The van der Waals surface area contributed by atoms with Gasteiger partial charge in [0.2, 0.25) is 15.9 Å². The number of anilines is 1. The van der Waals surface area contributed by atoms with Crippen molar-refractivity contribution in [2.75, 3.05) is 18.4 Å². The molecule has 2 amide bonds. The maximum absolute atomic E-state index is 12.2. The molecule has 0 saturated carbocycles. The van der Waals surface area contributed by atoms with Gasteiger partial charge in [0.1, 0.15) is 0 Å². The van der Waals surface area contributed by atoms with Gasteiger partial charge < -0.3 is 10.6 Å². The average molecular weight is 444 g/mol. The molecule has 7 nitrogen and oxygen atoms in total. The van der Waals surface area contributed by atoms with Crippen LogP contribution < -0.4 is 15.4 Å². The molecule has 0 unspecified atom stereocenters. The maximum atomic E-state index is 12.2. The Kier molecular flexibility index (Phi) is 8.13. The van der Waals surface area contributed by atoms with E-state index in [0.29, 0.717) is 11.3 Å². The second-order valence-corrected chi connectivity index (χ2v) is 9.84. The van der Waals surface area contributed by atoms with E-state index in [2.05, 4.69) is 15.4 Å². The Bertz CT molecular complexity index is 1040. The smallest absolute Gasteiger partial charge is 0.251 e. The Labute approximate surface area is 184 Å². The molecule has 0 atom stereocenters. The second-order valence-electron chi connectivity index (χ2n) is 8.19. The van der Waals surface area contributed by atoms with E-state index < -0.39 is 15.4 Å². The second kappa shape index (κ2) is 10.4. The van der Waals surface area contributed by atoms with Crippen LogP contribution in [0.5, 0.6) is 0 Å². The van der Waals surface area contributed by atoms with E-state index in [0.717, 1.165) is 16.5 Å². The monoisotopic (exact) mass is 443 g/mol. The molecule has 0 aliphatic heterocycles. The summed E-state index contributed by atoms with van der Waals surface area (Å²) in [6.07, 6.45) is 1.51. The lowest BCUT2D eigenvalue weighted by Gasteiger charge is -2.17. The summed E-state index contributed by atoms with van der Waals surface area (Å²) in [5.41, 5.74) is 2.38. The zero-order valence-corrected chi connectivity index (χ0v) is 19.0. The summed E-state index contributed by atoms with van der Waals surface area (Å²) < 4.78 is 26.5. The lowest BCUT2D eigenvalue weighted by Crippen LogP contribution is -2.33. The van der Waals surface area contributed by atoms with Crippen LogP contribution in [0, 0.1) is 12.3 Å². The number of hydrogen-bond donors (Lipinski definition) is 3. The number of nitrogens with one attached hydrogen (secondary N) is 3. The lowest BCUT2D eigenvalue weighted by atomic mass is 9.95. The number of rotatable bonds is 8. The molecule has 0 heterocycles. The summed E-state index contributed by atoms with van der Waals surface area (Å²) in [7, 11) is -3.60. The van der Waals surface area contributed by atoms with Gasteiger partial charge in [0.25, 0.3) is 5.91 Å². The third-order valence-corrected chi connectivity index (χ3v) is 5.42. The first-order chi connectivity index (χ1) is 14.5. The Morgan fingerprint density at radius 1 is 0.935 bits per heavy atom. The van der Waals surface area contributed by atoms with Crippen LogP contribution in [0.4, 0.5) is 5.69 Å². The highest BCUT2D eigenvalue weighted by Gasteiger charge is 2.21. The molecule has 0 spiro atoms. The van der Waals surface area contributed by atoms with Gasteiger partial charge in [0.05, 0.1) is 0 Å². The van der Waals surface area contributed by atoms with Gasteiger partial charge in [0.15, 0.2) is 0 Å². The van der Waals surface area contributed by atoms with Crippen LogP contribution in [0.15, 0.2) is 53.9 Å². The molecule has 0 saturated heterocycles. The Balaban J connectivity index is 1.79. The fourth-order valence-electron chi connectivity index (χ4n) is 2.39. The number of hydrogen-bond acceptors (Lipinski definition) is 4. The first kappa shape index (κ1) is 24.3. The molecular weight excluding hydrogens is 414 g/mol. The molecule has 2 rings (SSSR count). The number of carbonyl (C=O) groups is 2. The van der Waals surface area contributed by atoms with Gasteiger partial charge in [-0.2, -0.15) is 0 Å². The largest absolute Gasteiger partial charge is 0.351 e. The van der Waals surface area contributed by atoms with Gasteiger partial charge in [-0.3, -0.25) is 9.59 Å². The van der Waals surface area contributed by atoms with Gasteiger partial charge >= 0.3 is 0 Å². The zero-order valence-electron chi connectivity index (χ0n) is 18.2. The van der Waals surface area contributed by atoms with Crippen molar-refractivity contribution in [1.82, 2.24) is 10.0 Å². The number of carbonyl (C=O) groups excluding carboxylic acids is 2. The van der Waals surface area contributed by atoms with E-state index in [-0.39, 0.29) is 24.9 Å². The van der Waals surface area contributed by atoms with Crippen LogP contribution >= 0.6 is 0 Å². The minimum absolute atomic E-state index is 0.0615. The Morgan fingerprint density at radius 3 is 2.13 bits per heavy atom. The number of aryl methyl sites for hydroxylation is 1. The van der Waals surface area contributed by atoms with Crippen molar-refractivity contribution in [3.8, 4) is 0 Å². The van der Waals surface area contributed by atoms with E-state index in [1.807, 2.05) is 52.0 Å². The molecule has 8 heteroatoms. The summed E-state index contributed by atoms with van der Waals surface area (Å²) in [6, 6.07) is 14.0. The molecule has 0 aliphatic carbocycles. The topological polar surface area (TPSA) is 104 Å². The summed E-state index contributed by atoms with van der Waals surface area (Å²) in [4.78, 5) is 24.2. The maximum Gasteiger partial charge on any atom is 0.251 e. The van der Waals surface area contributed by atoms with Crippen molar-refractivity contribution in [2.24, 2.45) is 5.41 Å². The third-order valence-electron chi connectivity index (χ3n) is 4.32. The lowest BCUT2D eigenvalue weighted by molar-refractivity contribution is -0.123. The summed E-state index contributed by atoms with van der Waals surface area (Å²) >= 11 is 0. The Morgan fingerprint density at radius 2 is 1.55 bits per heavy atom. The molecule has 2 aromatic rings. The summed E-state index contributed by atoms with van der Waals surface area (Å²) in [6.45, 7) is 7.61. The molecule has 0 aliphatic rings. The first-order valence-electron chi connectivity index (χ1n) is 9.90. The molecule has 0 fully saturated rings. The predicted octanol–water partition coefficient (Wildman–Crippen LogP) is 3.30. The predicted molar refractivity (Wildman–Crippen MR) is 124 cm³/mol. The molecule has 0 bridgehead atoms. The van der Waals surface area contributed by atoms with E-state index in [1.165, 1.54) is 6.08 Å². The van der Waals surface area contributed by atoms with Gasteiger partial charge in [-0.25, -0.2) is 13.1 Å². The van der Waals surface area contributed by atoms with E-state index in [9.17, 15) is 18.0 Å². The van der Waals surface area contributed by atoms with E-state index in [1.54, 1.807) is 24.3 Å². The number of benzene rings is 2. The van der Waals surface area contributed by atoms with E-state index in [4.69, 9.17) is 0 Å². The summed E-state index contributed by atoms with van der Waals surface area (Å²) in [5, 5.41) is 6.55. The standard InChI is InChI=1S/C23H29N3O4S/c1-17-5-7-18(8-6-17)13-16-31(29,30)25-15-14-24-21(27)19-9-11-20(12-10-19)26-22(28)23(2,3)4/h5-13,16,25H,14-15H2,1-4H3,(H,24,27)(H,26,28)/b16-13+. The van der Waals surface area contributed by atoms with Crippen molar-refractivity contribution in [3.05, 3.63) is 70.6 Å². The minimum Gasteiger partial charge on any atom is -0.351 e. The van der Waals surface area contributed by atoms with Gasteiger partial charge in [-0.05, 0) is 42.8 Å². The van der Waals surface area contributed by atoms with Crippen molar-refractivity contribution in [2.45, 2.75) is 27.7 Å². The van der Waals surface area contributed by atoms with Crippen LogP contribution in [0.2, 0.25) is 0 Å². The number of amides is 2. The highest BCUT2D eigenvalue weighted by Crippen LogP contribution is 2.17. The van der Waals surface area contributed by atoms with Crippen LogP contribution in [-0.4, -0.2) is 33.3 Å². The van der Waals surface area contributed by atoms with Crippen molar-refractivity contribution in [1.29, 1.82) is 0 Å². The fourth-order valence-corrected chi connectivity index (χ4v) is 3.21. The summed E-state index contributed by atoms with van der Waals surface area (Å²) in [5.74, 6) is -0.448. The average Bonchev–Trinajstić information content (AvgIpc) is 2.70. The molecule has 0 aromatic heterocycles. The number of sulfonamides is 1. The quantitative estimate of drug-likeness (QED) is 0.545. The molecule has 3 N–H and O–H groups in total. The normalized spacial score (nSPS) is 12.0. The van der Waals surface area contributed by atoms with E-state index >= 15 is 0 Å². The first-order valence-corrected chi connectivity index (χ1v) is 11.4. The van der Waals surface area contributed by atoms with Crippen LogP contribution in [0.25, 0.3) is 6.08 Å². The van der Waals surface area contributed by atoms with Crippen molar-refractivity contribution >= 4 is 33.6 Å². The van der Waals surface area contributed by atoms with Crippen LogP contribution in [0.1, 0.15) is 42.3 Å². The fraction of sp³-hybridized carbons (Fsp3) is 0.304. The van der Waals surface area contributed by atoms with Crippen molar-refractivity contribution < 1.29 is 18.0 Å². The molecule has 166 valence electrons. The minimum atomic E-state index is -3.60. The SMILES string of the molecule is Cc1ccc(/C=C/S(=O)(=O)NCCNC(=O)c2ccc(NC(=O)C(C)(C)C)cc2)cc1. The highest BCUT2D eigenvalue weighted by molar-refractivity contribution is 7.92. The third kappa shape index (κ3) is 8.35. The van der Waals surface area contributed by atoms with Gasteiger partial charge in [0, 0.05) is 35.2 Å². The van der Waals surface area contributed by atoms with Gasteiger partial charge in [-0.1, -0.05) is 50.6 Å². The van der Waals surface area contributed by atoms with Gasteiger partial charge in [-0.15, -0.1) is 0 Å². The molecule has 31 heavy (non-hydrogen) atoms. The molecular formula is C23H29N3O4S. The zero-order chi connectivity index (χ0) is 23.1. The van der Waals surface area contributed by atoms with Crippen LogP contribution in [0.3, 0.4) is 0 Å². The Hall–Kier alpha value is -2.97.